The number of ether oxygens (including phenoxy) is 1. The van der Waals surface area contributed by atoms with Crippen molar-refractivity contribution < 1.29 is 14.3 Å². The Morgan fingerprint density at radius 1 is 1.04 bits per heavy atom. The second-order valence-corrected chi connectivity index (χ2v) is 8.20. The number of nitrogens with zero attached hydrogens (tertiary/aromatic N) is 3. The number of aliphatic imine (C=N–C) groups is 1. The van der Waals surface area contributed by atoms with Crippen LogP contribution < -0.4 is 11.1 Å². The quantitative estimate of drug-likeness (QED) is 0.447. The standard InChI is InChI=1S/C17H33N5O3/c1-16(2,3)13(23)19-7-8-20-14(18)21-9-11-22(12-10-21)15(24)25-17(4,5)6/h7-12H2,1-6H3,(H2,18,20)(H,19,23). The Balaban J connectivity index is 2.36. The summed E-state index contributed by atoms with van der Waals surface area (Å²) in [7, 11) is 0. The van der Waals surface area contributed by atoms with Crippen molar-refractivity contribution in [1.82, 2.24) is 15.1 Å². The van der Waals surface area contributed by atoms with Gasteiger partial charge in [-0.2, -0.15) is 0 Å². The van der Waals surface area contributed by atoms with Gasteiger partial charge in [0.25, 0.3) is 0 Å². The van der Waals surface area contributed by atoms with Gasteiger partial charge in [0.15, 0.2) is 5.96 Å². The molecule has 1 rings (SSSR count). The van der Waals surface area contributed by atoms with Crippen molar-refractivity contribution in [3.8, 4) is 0 Å². The molecule has 0 bridgehead atoms. The van der Waals surface area contributed by atoms with E-state index in [1.165, 1.54) is 0 Å². The topological polar surface area (TPSA) is 100 Å². The first-order valence-electron chi connectivity index (χ1n) is 8.71. The summed E-state index contributed by atoms with van der Waals surface area (Å²) in [4.78, 5) is 31.7. The Labute approximate surface area is 150 Å². The monoisotopic (exact) mass is 355 g/mol. The molecule has 0 unspecified atom stereocenters. The van der Waals surface area contributed by atoms with Gasteiger partial charge in [-0.05, 0) is 20.8 Å². The van der Waals surface area contributed by atoms with Crippen LogP contribution in [0.3, 0.4) is 0 Å². The van der Waals surface area contributed by atoms with Crippen LogP contribution in [0.4, 0.5) is 4.79 Å². The lowest BCUT2D eigenvalue weighted by molar-refractivity contribution is -0.128. The number of hydrogen-bond donors (Lipinski definition) is 2. The molecule has 144 valence electrons. The maximum atomic E-state index is 12.0. The Morgan fingerprint density at radius 2 is 1.56 bits per heavy atom. The Hall–Kier alpha value is -1.99. The summed E-state index contributed by atoms with van der Waals surface area (Å²) in [6.45, 7) is 14.4. The summed E-state index contributed by atoms with van der Waals surface area (Å²) in [5, 5.41) is 2.84. The molecule has 0 aromatic heterocycles. The van der Waals surface area contributed by atoms with E-state index in [-0.39, 0.29) is 12.0 Å². The van der Waals surface area contributed by atoms with Gasteiger partial charge < -0.3 is 25.6 Å². The molecule has 0 aromatic rings. The second-order valence-electron chi connectivity index (χ2n) is 8.20. The molecule has 3 N–H and O–H groups in total. The highest BCUT2D eigenvalue weighted by molar-refractivity contribution is 5.81. The van der Waals surface area contributed by atoms with Gasteiger partial charge >= 0.3 is 6.09 Å². The smallest absolute Gasteiger partial charge is 0.410 e. The molecule has 1 heterocycles. The molecule has 1 aliphatic heterocycles. The first-order chi connectivity index (χ1) is 11.4. The van der Waals surface area contributed by atoms with Crippen molar-refractivity contribution in [2.75, 3.05) is 39.3 Å². The van der Waals surface area contributed by atoms with Crippen molar-refractivity contribution in [2.24, 2.45) is 16.1 Å². The van der Waals surface area contributed by atoms with Crippen LogP contribution >= 0.6 is 0 Å². The van der Waals surface area contributed by atoms with Crippen LogP contribution in [0, 0.1) is 5.41 Å². The van der Waals surface area contributed by atoms with Crippen LogP contribution in [0.25, 0.3) is 0 Å². The summed E-state index contributed by atoms with van der Waals surface area (Å²) in [6.07, 6.45) is -0.299. The van der Waals surface area contributed by atoms with Crippen molar-refractivity contribution in [3.63, 3.8) is 0 Å². The Morgan fingerprint density at radius 3 is 2.04 bits per heavy atom. The summed E-state index contributed by atoms with van der Waals surface area (Å²) in [6, 6.07) is 0. The number of carbonyl (C=O) groups excluding carboxylic acids is 2. The van der Waals surface area contributed by atoms with E-state index in [2.05, 4.69) is 10.3 Å². The van der Waals surface area contributed by atoms with Crippen LogP contribution in [0.15, 0.2) is 4.99 Å². The molecule has 25 heavy (non-hydrogen) atoms. The number of rotatable bonds is 3. The van der Waals surface area contributed by atoms with Crippen molar-refractivity contribution >= 4 is 18.0 Å². The molecular formula is C17H33N5O3. The third-order valence-electron chi connectivity index (χ3n) is 3.61. The van der Waals surface area contributed by atoms with Crippen molar-refractivity contribution in [3.05, 3.63) is 0 Å². The fraction of sp³-hybridized carbons (Fsp3) is 0.824. The second kappa shape index (κ2) is 8.40. The lowest BCUT2D eigenvalue weighted by Crippen LogP contribution is -2.53. The summed E-state index contributed by atoms with van der Waals surface area (Å²) in [5.74, 6) is 0.432. The number of carbonyl (C=O) groups is 2. The van der Waals surface area contributed by atoms with E-state index in [0.717, 1.165) is 0 Å². The number of piperazine rings is 1. The average molecular weight is 355 g/mol. The lowest BCUT2D eigenvalue weighted by atomic mass is 9.96. The van der Waals surface area contributed by atoms with E-state index in [1.54, 1.807) is 4.90 Å². The predicted molar refractivity (Wildman–Crippen MR) is 98.3 cm³/mol. The van der Waals surface area contributed by atoms with Gasteiger partial charge in [-0.25, -0.2) is 4.79 Å². The van der Waals surface area contributed by atoms with E-state index in [4.69, 9.17) is 10.5 Å². The molecule has 1 aliphatic rings. The molecule has 1 fully saturated rings. The zero-order valence-corrected chi connectivity index (χ0v) is 16.4. The van der Waals surface area contributed by atoms with Crippen LogP contribution in [0.5, 0.6) is 0 Å². The highest BCUT2D eigenvalue weighted by atomic mass is 16.6. The number of nitrogens with two attached hydrogens (primary N) is 1. The zero-order chi connectivity index (χ0) is 19.3. The first kappa shape index (κ1) is 21.1. The molecule has 0 spiro atoms. The molecule has 8 nitrogen and oxygen atoms in total. The fourth-order valence-corrected chi connectivity index (χ4v) is 2.15. The van der Waals surface area contributed by atoms with Crippen LogP contribution in [-0.2, 0) is 9.53 Å². The first-order valence-corrected chi connectivity index (χ1v) is 8.71. The van der Waals surface area contributed by atoms with E-state index in [9.17, 15) is 9.59 Å². The molecule has 0 atom stereocenters. The molecule has 8 heteroatoms. The highest BCUT2D eigenvalue weighted by Gasteiger charge is 2.26. The molecule has 2 amide bonds. The van der Waals surface area contributed by atoms with Gasteiger partial charge in [0.05, 0.1) is 6.54 Å². The van der Waals surface area contributed by atoms with E-state index in [1.807, 2.05) is 46.4 Å². The number of amides is 2. The number of hydrogen-bond acceptors (Lipinski definition) is 4. The Bertz CT molecular complexity index is 497. The van der Waals surface area contributed by atoms with Crippen LogP contribution in [0.1, 0.15) is 41.5 Å². The molecule has 1 saturated heterocycles. The van der Waals surface area contributed by atoms with Crippen LogP contribution in [0.2, 0.25) is 0 Å². The van der Waals surface area contributed by atoms with Gasteiger partial charge in [-0.1, -0.05) is 20.8 Å². The van der Waals surface area contributed by atoms with Gasteiger partial charge in [0.1, 0.15) is 5.60 Å². The van der Waals surface area contributed by atoms with Crippen molar-refractivity contribution in [2.45, 2.75) is 47.1 Å². The average Bonchev–Trinajstić information content (AvgIpc) is 2.48. The van der Waals surface area contributed by atoms with Gasteiger partial charge in [0.2, 0.25) is 5.91 Å². The third-order valence-corrected chi connectivity index (χ3v) is 3.61. The molecule has 0 aromatic carbocycles. The van der Waals surface area contributed by atoms with E-state index in [0.29, 0.717) is 45.2 Å². The SMILES string of the molecule is CC(C)(C)OC(=O)N1CCN(C(N)=NCCNC(=O)C(C)(C)C)CC1. The fourth-order valence-electron chi connectivity index (χ4n) is 2.15. The van der Waals surface area contributed by atoms with Gasteiger partial charge in [0, 0.05) is 38.1 Å². The van der Waals surface area contributed by atoms with Crippen LogP contribution in [-0.4, -0.2) is 72.6 Å². The minimum absolute atomic E-state index is 0.00718. The minimum Gasteiger partial charge on any atom is -0.444 e. The van der Waals surface area contributed by atoms with Gasteiger partial charge in [-0.15, -0.1) is 0 Å². The molecular weight excluding hydrogens is 322 g/mol. The summed E-state index contributed by atoms with van der Waals surface area (Å²) < 4.78 is 5.37. The largest absolute Gasteiger partial charge is 0.444 e. The van der Waals surface area contributed by atoms with E-state index >= 15 is 0 Å². The lowest BCUT2D eigenvalue weighted by Gasteiger charge is -2.36. The maximum Gasteiger partial charge on any atom is 0.410 e. The maximum absolute atomic E-state index is 12.0. The highest BCUT2D eigenvalue weighted by Crippen LogP contribution is 2.12. The van der Waals surface area contributed by atoms with Crippen molar-refractivity contribution in [1.29, 1.82) is 0 Å². The number of guanidine groups is 1. The Kier molecular flexibility index (Phi) is 7.07. The third kappa shape index (κ3) is 7.62. The summed E-state index contributed by atoms with van der Waals surface area (Å²) >= 11 is 0. The van der Waals surface area contributed by atoms with E-state index < -0.39 is 11.0 Å². The molecule has 0 radical (unpaired) electrons. The predicted octanol–water partition coefficient (Wildman–Crippen LogP) is 1.02. The van der Waals surface area contributed by atoms with Gasteiger partial charge in [-0.3, -0.25) is 9.79 Å². The summed E-state index contributed by atoms with van der Waals surface area (Å²) in [5.41, 5.74) is 5.10. The molecule has 0 aliphatic carbocycles. The minimum atomic E-state index is -0.494. The molecule has 0 saturated carbocycles. The normalized spacial score (nSPS) is 16.6. The zero-order valence-electron chi connectivity index (χ0n) is 16.4. The number of nitrogens with one attached hydrogen (secondary N) is 1.